The van der Waals surface area contributed by atoms with E-state index in [9.17, 15) is 9.59 Å². The minimum atomic E-state index is -1.08. The topological polar surface area (TPSA) is 54.4 Å². The first-order valence-corrected chi connectivity index (χ1v) is 14.0. The van der Waals surface area contributed by atoms with Gasteiger partial charge in [-0.25, -0.2) is 4.79 Å². The molecule has 0 aliphatic carbocycles. The summed E-state index contributed by atoms with van der Waals surface area (Å²) in [5.41, 5.74) is 1.10. The van der Waals surface area contributed by atoms with Crippen LogP contribution in [0.25, 0.3) is 0 Å². The number of allylic oxidation sites excluding steroid dienone is 1. The quantitative estimate of drug-likeness (QED) is 0.113. The first-order chi connectivity index (χ1) is 15.6. The number of carbonyl (C=O) groups excluding carboxylic acids is 1. The molecule has 1 heterocycles. The molecular weight excluding hydrogens is 416 g/mol. The molecule has 1 N–H and O–H groups in total. The van der Waals surface area contributed by atoms with E-state index in [1.165, 1.54) is 120 Å². The van der Waals surface area contributed by atoms with E-state index in [0.29, 0.717) is 10.8 Å². The van der Waals surface area contributed by atoms with Gasteiger partial charge in [-0.15, -0.1) is 11.3 Å². The second-order valence-electron chi connectivity index (χ2n) is 9.20. The molecule has 1 aromatic heterocycles. The molecule has 0 fully saturated rings. The van der Waals surface area contributed by atoms with Gasteiger partial charge in [0.25, 0.3) is 0 Å². The second kappa shape index (κ2) is 19.1. The van der Waals surface area contributed by atoms with E-state index < -0.39 is 5.97 Å². The van der Waals surface area contributed by atoms with Crippen LogP contribution in [0.5, 0.6) is 0 Å². The number of carboxylic acid groups (broad SMARTS) is 1. The highest BCUT2D eigenvalue weighted by molar-refractivity contribution is 7.12. The van der Waals surface area contributed by atoms with Crippen LogP contribution in [0.2, 0.25) is 0 Å². The summed E-state index contributed by atoms with van der Waals surface area (Å²) in [7, 11) is 0. The number of rotatable bonds is 21. The van der Waals surface area contributed by atoms with Crippen molar-refractivity contribution in [3.05, 3.63) is 34.0 Å². The number of hydrogen-bond donors (Lipinski definition) is 1. The highest BCUT2D eigenvalue weighted by atomic mass is 32.1. The van der Waals surface area contributed by atoms with Crippen LogP contribution in [0.15, 0.2) is 23.6 Å². The van der Waals surface area contributed by atoms with Crippen molar-refractivity contribution in [3.8, 4) is 0 Å². The number of thiophene rings is 1. The molecule has 0 aliphatic heterocycles. The predicted molar refractivity (Wildman–Crippen MR) is 138 cm³/mol. The van der Waals surface area contributed by atoms with E-state index in [0.717, 1.165) is 18.1 Å². The Morgan fingerprint density at radius 1 is 0.812 bits per heavy atom. The molecule has 0 saturated heterocycles. The lowest BCUT2D eigenvalue weighted by atomic mass is 9.88. The minimum Gasteiger partial charge on any atom is -0.478 e. The number of aliphatic carboxylic acids is 1. The van der Waals surface area contributed by atoms with Crippen LogP contribution < -0.4 is 0 Å². The molecule has 1 atom stereocenters. The molecule has 1 aromatic rings. The SMILES string of the molecule is CCCCCCCCCCC(CCCCCCCC)Cc1ccsc1C(=O)/C=C\C(=O)O. The van der Waals surface area contributed by atoms with Gasteiger partial charge >= 0.3 is 5.97 Å². The molecule has 32 heavy (non-hydrogen) atoms. The molecule has 0 aliphatic rings. The van der Waals surface area contributed by atoms with Gasteiger partial charge in [0.2, 0.25) is 0 Å². The van der Waals surface area contributed by atoms with Crippen LogP contribution in [0, 0.1) is 5.92 Å². The van der Waals surface area contributed by atoms with Gasteiger partial charge in [-0.3, -0.25) is 4.79 Å². The summed E-state index contributed by atoms with van der Waals surface area (Å²) >= 11 is 1.44. The van der Waals surface area contributed by atoms with E-state index in [1.54, 1.807) is 0 Å². The number of carbonyl (C=O) groups is 2. The highest BCUT2D eigenvalue weighted by Gasteiger charge is 2.16. The molecule has 1 rings (SSSR count). The van der Waals surface area contributed by atoms with E-state index in [1.807, 2.05) is 5.38 Å². The maximum Gasteiger partial charge on any atom is 0.328 e. The maximum absolute atomic E-state index is 12.4. The van der Waals surface area contributed by atoms with Crippen molar-refractivity contribution >= 4 is 23.1 Å². The molecule has 1 unspecified atom stereocenters. The fraction of sp³-hybridized carbons (Fsp3) is 0.714. The maximum atomic E-state index is 12.4. The van der Waals surface area contributed by atoms with Crippen molar-refractivity contribution in [1.29, 1.82) is 0 Å². The van der Waals surface area contributed by atoms with E-state index >= 15 is 0 Å². The zero-order chi connectivity index (χ0) is 23.4. The van der Waals surface area contributed by atoms with Gasteiger partial charge in [-0.05, 0) is 35.4 Å². The van der Waals surface area contributed by atoms with Gasteiger partial charge in [0.1, 0.15) is 0 Å². The van der Waals surface area contributed by atoms with Gasteiger partial charge < -0.3 is 5.11 Å². The third-order valence-corrected chi connectivity index (χ3v) is 7.26. The minimum absolute atomic E-state index is 0.178. The highest BCUT2D eigenvalue weighted by Crippen LogP contribution is 2.27. The average molecular weight is 463 g/mol. The number of carboxylic acids is 1. The molecule has 0 saturated carbocycles. The largest absolute Gasteiger partial charge is 0.478 e. The monoisotopic (exact) mass is 462 g/mol. The average Bonchev–Trinajstić information content (AvgIpc) is 3.24. The first-order valence-electron chi connectivity index (χ1n) is 13.1. The van der Waals surface area contributed by atoms with Gasteiger partial charge in [0, 0.05) is 6.08 Å². The van der Waals surface area contributed by atoms with Gasteiger partial charge in [-0.2, -0.15) is 0 Å². The van der Waals surface area contributed by atoms with Crippen molar-refractivity contribution in [2.24, 2.45) is 5.92 Å². The summed E-state index contributed by atoms with van der Waals surface area (Å²) in [6.07, 6.45) is 24.2. The molecule has 182 valence electrons. The van der Waals surface area contributed by atoms with Crippen molar-refractivity contribution in [2.75, 3.05) is 0 Å². The van der Waals surface area contributed by atoms with Crippen molar-refractivity contribution in [1.82, 2.24) is 0 Å². The lowest BCUT2D eigenvalue weighted by Crippen LogP contribution is -2.08. The summed E-state index contributed by atoms with van der Waals surface area (Å²) in [5.74, 6) is -0.638. The Morgan fingerprint density at radius 2 is 1.31 bits per heavy atom. The Kier molecular flexibility index (Phi) is 17.1. The number of hydrogen-bond acceptors (Lipinski definition) is 3. The fourth-order valence-electron chi connectivity index (χ4n) is 4.37. The van der Waals surface area contributed by atoms with Crippen LogP contribution in [-0.2, 0) is 11.2 Å². The predicted octanol–water partition coefficient (Wildman–Crippen LogP) is 9.01. The van der Waals surface area contributed by atoms with Crippen molar-refractivity contribution in [3.63, 3.8) is 0 Å². The van der Waals surface area contributed by atoms with Gasteiger partial charge in [0.05, 0.1) is 4.88 Å². The van der Waals surface area contributed by atoms with Crippen LogP contribution in [-0.4, -0.2) is 16.9 Å². The summed E-state index contributed by atoms with van der Waals surface area (Å²) in [5, 5.41) is 10.8. The van der Waals surface area contributed by atoms with Gasteiger partial charge in [0.15, 0.2) is 5.78 Å². The zero-order valence-corrected chi connectivity index (χ0v) is 21.4. The lowest BCUT2D eigenvalue weighted by molar-refractivity contribution is -0.131. The van der Waals surface area contributed by atoms with Crippen LogP contribution in [0.1, 0.15) is 132 Å². The van der Waals surface area contributed by atoms with E-state index in [2.05, 4.69) is 19.9 Å². The molecule has 0 amide bonds. The standard InChI is InChI=1S/C28H46O3S/c1-3-5-7-9-11-12-14-16-18-24(17-15-13-10-8-6-4-2)23-25-21-22-32-28(25)26(29)19-20-27(30)31/h19-22,24H,3-18,23H2,1-2H3,(H,30,31)/b20-19-. The molecule has 3 nitrogen and oxygen atoms in total. The Morgan fingerprint density at radius 3 is 1.81 bits per heavy atom. The Balaban J connectivity index is 2.54. The molecule has 4 heteroatoms. The summed E-state index contributed by atoms with van der Waals surface area (Å²) in [6, 6.07) is 2.06. The molecule has 0 radical (unpaired) electrons. The Hall–Kier alpha value is -1.42. The second-order valence-corrected chi connectivity index (χ2v) is 10.1. The Bertz CT molecular complexity index is 647. The van der Waals surface area contributed by atoms with Crippen molar-refractivity contribution < 1.29 is 14.7 Å². The normalized spacial score (nSPS) is 12.4. The van der Waals surface area contributed by atoms with Crippen LogP contribution >= 0.6 is 11.3 Å². The smallest absolute Gasteiger partial charge is 0.328 e. The molecular formula is C28H46O3S. The fourth-order valence-corrected chi connectivity index (χ4v) is 5.23. The van der Waals surface area contributed by atoms with E-state index in [-0.39, 0.29) is 5.78 Å². The number of ketones is 1. The van der Waals surface area contributed by atoms with E-state index in [4.69, 9.17) is 5.11 Å². The third kappa shape index (κ3) is 13.9. The number of unbranched alkanes of at least 4 members (excludes halogenated alkanes) is 12. The molecule has 0 spiro atoms. The summed E-state index contributed by atoms with van der Waals surface area (Å²) < 4.78 is 0. The summed E-state index contributed by atoms with van der Waals surface area (Å²) in [6.45, 7) is 4.52. The van der Waals surface area contributed by atoms with Crippen LogP contribution in [0.4, 0.5) is 0 Å². The molecule has 0 aromatic carbocycles. The van der Waals surface area contributed by atoms with Crippen molar-refractivity contribution in [2.45, 2.75) is 123 Å². The summed E-state index contributed by atoms with van der Waals surface area (Å²) in [4.78, 5) is 23.9. The van der Waals surface area contributed by atoms with Gasteiger partial charge in [-0.1, -0.05) is 117 Å². The van der Waals surface area contributed by atoms with Crippen LogP contribution in [0.3, 0.4) is 0 Å². The lowest BCUT2D eigenvalue weighted by Gasteiger charge is -2.17. The first kappa shape index (κ1) is 28.6. The molecule has 0 bridgehead atoms. The third-order valence-electron chi connectivity index (χ3n) is 6.29. The zero-order valence-electron chi connectivity index (χ0n) is 20.6. The Labute approximate surface area is 200 Å².